The Morgan fingerprint density at radius 2 is 1.70 bits per heavy atom. The molecule has 6 heteroatoms. The zero-order valence-corrected chi connectivity index (χ0v) is 15.0. The summed E-state index contributed by atoms with van der Waals surface area (Å²) in [4.78, 5) is 33.1. The van der Waals surface area contributed by atoms with Gasteiger partial charge in [0.1, 0.15) is 0 Å². The Balaban J connectivity index is 1.69. The third kappa shape index (κ3) is 4.76. The van der Waals surface area contributed by atoms with Crippen molar-refractivity contribution in [1.29, 1.82) is 0 Å². The first-order chi connectivity index (χ1) is 13.2. The molecule has 2 amide bonds. The van der Waals surface area contributed by atoms with Crippen molar-refractivity contribution < 1.29 is 9.59 Å². The first kappa shape index (κ1) is 18.3. The Bertz CT molecular complexity index is 942. The molecule has 2 N–H and O–H groups in total. The van der Waals surface area contributed by atoms with E-state index in [9.17, 15) is 9.59 Å². The van der Waals surface area contributed by atoms with Gasteiger partial charge in [-0.05, 0) is 36.2 Å². The molecule has 0 aliphatic heterocycles. The fraction of sp³-hybridized carbons (Fsp3) is 0.143. The van der Waals surface area contributed by atoms with Crippen LogP contribution in [0.4, 0.5) is 5.69 Å². The number of rotatable bonds is 6. The van der Waals surface area contributed by atoms with Crippen LogP contribution >= 0.6 is 0 Å². The molecule has 136 valence electrons. The van der Waals surface area contributed by atoms with Crippen LogP contribution in [0.2, 0.25) is 0 Å². The Labute approximate surface area is 157 Å². The van der Waals surface area contributed by atoms with E-state index in [1.54, 1.807) is 6.20 Å². The first-order valence-corrected chi connectivity index (χ1v) is 8.69. The predicted molar refractivity (Wildman–Crippen MR) is 103 cm³/mol. The molecule has 1 aromatic carbocycles. The van der Waals surface area contributed by atoms with Crippen LogP contribution in [0.3, 0.4) is 0 Å². The molecule has 0 aliphatic rings. The molecular formula is C21H20N4O2. The van der Waals surface area contributed by atoms with Crippen LogP contribution in [-0.4, -0.2) is 21.8 Å². The highest BCUT2D eigenvalue weighted by Crippen LogP contribution is 2.16. The van der Waals surface area contributed by atoms with Gasteiger partial charge in [-0.2, -0.15) is 0 Å². The van der Waals surface area contributed by atoms with Crippen molar-refractivity contribution in [3.05, 3.63) is 89.5 Å². The number of nitrogens with one attached hydrogen (secondary N) is 2. The quantitative estimate of drug-likeness (QED) is 0.707. The fourth-order valence-electron chi connectivity index (χ4n) is 2.61. The number of para-hydroxylation sites is 1. The number of nitrogens with zero attached hydrogens (tertiary/aromatic N) is 2. The number of pyridine rings is 2. The average Bonchev–Trinajstić information content (AvgIpc) is 2.73. The van der Waals surface area contributed by atoms with Crippen molar-refractivity contribution in [2.24, 2.45) is 0 Å². The van der Waals surface area contributed by atoms with E-state index >= 15 is 0 Å². The Morgan fingerprint density at radius 3 is 2.44 bits per heavy atom. The van der Waals surface area contributed by atoms with Crippen molar-refractivity contribution >= 4 is 17.5 Å². The highest BCUT2D eigenvalue weighted by molar-refractivity contribution is 6.06. The number of carbonyl (C=O) groups is 2. The van der Waals surface area contributed by atoms with Gasteiger partial charge in [0, 0.05) is 24.3 Å². The molecule has 3 aromatic rings. The zero-order chi connectivity index (χ0) is 19.1. The van der Waals surface area contributed by atoms with Crippen LogP contribution in [0.25, 0.3) is 0 Å². The lowest BCUT2D eigenvalue weighted by Crippen LogP contribution is -2.24. The van der Waals surface area contributed by atoms with Crippen LogP contribution < -0.4 is 10.6 Å². The smallest absolute Gasteiger partial charge is 0.257 e. The van der Waals surface area contributed by atoms with Gasteiger partial charge in [0.05, 0.1) is 23.4 Å². The fourth-order valence-corrected chi connectivity index (χ4v) is 2.61. The second kappa shape index (κ2) is 8.71. The Morgan fingerprint density at radius 1 is 0.963 bits per heavy atom. The van der Waals surface area contributed by atoms with Gasteiger partial charge in [0.15, 0.2) is 0 Å². The second-order valence-corrected chi connectivity index (χ2v) is 5.93. The van der Waals surface area contributed by atoms with Gasteiger partial charge < -0.3 is 10.6 Å². The summed E-state index contributed by atoms with van der Waals surface area (Å²) in [5.41, 5.74) is 3.20. The van der Waals surface area contributed by atoms with Gasteiger partial charge in [-0.3, -0.25) is 19.6 Å². The van der Waals surface area contributed by atoms with Crippen molar-refractivity contribution in [3.63, 3.8) is 0 Å². The molecule has 2 heterocycles. The van der Waals surface area contributed by atoms with Gasteiger partial charge >= 0.3 is 0 Å². The topological polar surface area (TPSA) is 84.0 Å². The van der Waals surface area contributed by atoms with E-state index in [-0.39, 0.29) is 11.8 Å². The molecule has 0 saturated heterocycles. The lowest BCUT2D eigenvalue weighted by Gasteiger charge is -2.10. The third-order valence-electron chi connectivity index (χ3n) is 4.07. The normalized spacial score (nSPS) is 10.3. The number of amides is 2. The average molecular weight is 360 g/mol. The first-order valence-electron chi connectivity index (χ1n) is 8.69. The lowest BCUT2D eigenvalue weighted by molar-refractivity contribution is 0.0950. The molecule has 2 aromatic heterocycles. The molecule has 0 radical (unpaired) electrons. The van der Waals surface area contributed by atoms with Crippen molar-refractivity contribution in [2.45, 2.75) is 19.9 Å². The van der Waals surface area contributed by atoms with E-state index < -0.39 is 0 Å². The van der Waals surface area contributed by atoms with Crippen LogP contribution in [-0.2, 0) is 13.0 Å². The summed E-state index contributed by atoms with van der Waals surface area (Å²) in [5, 5.41) is 5.66. The summed E-state index contributed by atoms with van der Waals surface area (Å²) < 4.78 is 0. The van der Waals surface area contributed by atoms with E-state index in [0.29, 0.717) is 17.7 Å². The maximum atomic E-state index is 12.5. The van der Waals surface area contributed by atoms with E-state index in [1.807, 2.05) is 49.4 Å². The van der Waals surface area contributed by atoms with Gasteiger partial charge in [-0.15, -0.1) is 0 Å². The summed E-state index contributed by atoms with van der Waals surface area (Å²) in [7, 11) is 0. The van der Waals surface area contributed by atoms with Crippen LogP contribution in [0.1, 0.15) is 38.9 Å². The largest absolute Gasteiger partial charge is 0.346 e. The summed E-state index contributed by atoms with van der Waals surface area (Å²) >= 11 is 0. The maximum Gasteiger partial charge on any atom is 0.257 e. The minimum absolute atomic E-state index is 0.303. The van der Waals surface area contributed by atoms with Gasteiger partial charge in [0.25, 0.3) is 11.8 Å². The molecule has 0 atom stereocenters. The highest BCUT2D eigenvalue weighted by atomic mass is 16.2. The van der Waals surface area contributed by atoms with E-state index in [4.69, 9.17) is 0 Å². The molecule has 0 spiro atoms. The number of aryl methyl sites for hydroxylation is 1. The summed E-state index contributed by atoms with van der Waals surface area (Å²) in [5.74, 6) is -0.612. The molecular weight excluding hydrogens is 340 g/mol. The molecule has 0 saturated carbocycles. The number of benzene rings is 1. The molecule has 0 unspecified atom stereocenters. The minimum Gasteiger partial charge on any atom is -0.346 e. The standard InChI is InChI=1S/C21H20N4O2/c1-2-15-7-3-4-9-19(15)25-21(27)17-11-16(12-22-13-17)20(26)24-14-18-8-5-6-10-23-18/h3-13H,2,14H2,1H3,(H,24,26)(H,25,27). The SMILES string of the molecule is CCc1ccccc1NC(=O)c1cncc(C(=O)NCc2ccccn2)c1. The number of anilines is 1. The maximum absolute atomic E-state index is 12.5. The number of hydrogen-bond acceptors (Lipinski definition) is 4. The number of carbonyl (C=O) groups excluding carboxylic acids is 2. The van der Waals surface area contributed by atoms with E-state index in [0.717, 1.165) is 23.4 Å². The summed E-state index contributed by atoms with van der Waals surface area (Å²) in [6.07, 6.45) is 5.36. The van der Waals surface area contributed by atoms with E-state index in [2.05, 4.69) is 20.6 Å². The Kier molecular flexibility index (Phi) is 5.89. The molecule has 0 bridgehead atoms. The Hall–Kier alpha value is -3.54. The number of hydrogen-bond donors (Lipinski definition) is 2. The zero-order valence-electron chi connectivity index (χ0n) is 15.0. The second-order valence-electron chi connectivity index (χ2n) is 5.93. The van der Waals surface area contributed by atoms with Gasteiger partial charge in [-0.1, -0.05) is 31.2 Å². The summed E-state index contributed by atoms with van der Waals surface area (Å²) in [6.45, 7) is 2.33. The molecule has 6 nitrogen and oxygen atoms in total. The third-order valence-corrected chi connectivity index (χ3v) is 4.07. The number of aromatic nitrogens is 2. The molecule has 3 rings (SSSR count). The lowest BCUT2D eigenvalue weighted by atomic mass is 10.1. The monoisotopic (exact) mass is 360 g/mol. The van der Waals surface area contributed by atoms with Crippen molar-refractivity contribution in [3.8, 4) is 0 Å². The van der Waals surface area contributed by atoms with Gasteiger partial charge in [-0.25, -0.2) is 0 Å². The van der Waals surface area contributed by atoms with Crippen LogP contribution in [0, 0.1) is 0 Å². The van der Waals surface area contributed by atoms with Crippen LogP contribution in [0.5, 0.6) is 0 Å². The molecule has 27 heavy (non-hydrogen) atoms. The predicted octanol–water partition coefficient (Wildman–Crippen LogP) is 3.22. The van der Waals surface area contributed by atoms with Gasteiger partial charge in [0.2, 0.25) is 0 Å². The van der Waals surface area contributed by atoms with Crippen LogP contribution in [0.15, 0.2) is 67.1 Å². The molecule has 0 aliphatic carbocycles. The highest BCUT2D eigenvalue weighted by Gasteiger charge is 2.13. The minimum atomic E-state index is -0.309. The summed E-state index contributed by atoms with van der Waals surface area (Å²) in [6, 6.07) is 14.7. The van der Waals surface area contributed by atoms with Crippen molar-refractivity contribution in [1.82, 2.24) is 15.3 Å². The molecule has 0 fully saturated rings. The van der Waals surface area contributed by atoms with E-state index in [1.165, 1.54) is 18.5 Å². The van der Waals surface area contributed by atoms with Crippen molar-refractivity contribution in [2.75, 3.05) is 5.32 Å².